The van der Waals surface area contributed by atoms with Crippen LogP contribution in [-0.2, 0) is 16.0 Å². The van der Waals surface area contributed by atoms with Crippen LogP contribution in [0.5, 0.6) is 0 Å². The number of fused-ring (bicyclic) bond motifs is 1. The monoisotopic (exact) mass is 316 g/mol. The Balaban J connectivity index is 1.66. The molecule has 0 bridgehead atoms. The number of rotatable bonds is 3. The minimum atomic E-state index is -0.688. The van der Waals surface area contributed by atoms with Gasteiger partial charge in [0, 0.05) is 32.6 Å². The van der Waals surface area contributed by atoms with Crippen molar-refractivity contribution < 1.29 is 14.3 Å². The molecule has 0 radical (unpaired) electrons. The van der Waals surface area contributed by atoms with Gasteiger partial charge in [-0.15, -0.1) is 0 Å². The van der Waals surface area contributed by atoms with Crippen LogP contribution in [0.2, 0.25) is 0 Å². The smallest absolute Gasteiger partial charge is 0.339 e. The first-order valence-corrected chi connectivity index (χ1v) is 8.38. The molecule has 1 saturated heterocycles. The van der Waals surface area contributed by atoms with Crippen molar-refractivity contribution in [3.8, 4) is 0 Å². The molecule has 2 aliphatic heterocycles. The fraction of sp³-hybridized carbons (Fsp3) is 0.556. The van der Waals surface area contributed by atoms with Crippen LogP contribution in [0.25, 0.3) is 0 Å². The molecule has 1 amide bonds. The number of likely N-dealkylation sites (N-methyl/N-ethyl adjacent to an activating group) is 1. The van der Waals surface area contributed by atoms with E-state index in [0.717, 1.165) is 38.0 Å². The molecule has 1 aromatic carbocycles. The molecular formula is C18H24N2O3. The third-order valence-corrected chi connectivity index (χ3v) is 5.07. The molecule has 5 nitrogen and oxygen atoms in total. The number of amides is 1. The van der Waals surface area contributed by atoms with Gasteiger partial charge in [0.2, 0.25) is 0 Å². The molecule has 124 valence electrons. The summed E-state index contributed by atoms with van der Waals surface area (Å²) < 4.78 is 5.39. The molecule has 0 spiro atoms. The number of ether oxygens (including phenoxy) is 1. The number of likely N-dealkylation sites (tertiary alicyclic amines) is 1. The number of benzene rings is 1. The van der Waals surface area contributed by atoms with Crippen molar-refractivity contribution in [1.29, 1.82) is 0 Å². The molecule has 1 unspecified atom stereocenters. The number of nitrogens with zero attached hydrogens (tertiary/aromatic N) is 2. The summed E-state index contributed by atoms with van der Waals surface area (Å²) in [6.07, 6.45) is 1.74. The lowest BCUT2D eigenvalue weighted by molar-refractivity contribution is -0.142. The van der Waals surface area contributed by atoms with Gasteiger partial charge in [0.15, 0.2) is 6.10 Å². The molecule has 1 aromatic rings. The zero-order valence-corrected chi connectivity index (χ0v) is 13.8. The minimum absolute atomic E-state index is 0.0807. The highest BCUT2D eigenvalue weighted by atomic mass is 16.5. The van der Waals surface area contributed by atoms with Gasteiger partial charge < -0.3 is 14.5 Å². The first kappa shape index (κ1) is 16.0. The van der Waals surface area contributed by atoms with Crippen LogP contribution in [0.1, 0.15) is 35.7 Å². The van der Waals surface area contributed by atoms with E-state index in [0.29, 0.717) is 12.0 Å². The number of cyclic esters (lactones) is 1. The number of piperidine rings is 1. The van der Waals surface area contributed by atoms with Crippen molar-refractivity contribution in [3.63, 3.8) is 0 Å². The van der Waals surface area contributed by atoms with Crippen molar-refractivity contribution >= 4 is 11.9 Å². The van der Waals surface area contributed by atoms with E-state index in [1.165, 1.54) is 0 Å². The van der Waals surface area contributed by atoms with Crippen LogP contribution >= 0.6 is 0 Å². The third-order valence-electron chi connectivity index (χ3n) is 5.07. The van der Waals surface area contributed by atoms with Gasteiger partial charge in [-0.05, 0) is 31.0 Å². The Morgan fingerprint density at radius 1 is 1.30 bits per heavy atom. The van der Waals surface area contributed by atoms with Gasteiger partial charge in [0.25, 0.3) is 5.91 Å². The maximum atomic E-state index is 12.7. The zero-order valence-electron chi connectivity index (χ0n) is 13.8. The van der Waals surface area contributed by atoms with Crippen LogP contribution in [-0.4, -0.2) is 60.5 Å². The lowest BCUT2D eigenvalue weighted by atomic mass is 9.97. The molecular weight excluding hydrogens is 292 g/mol. The van der Waals surface area contributed by atoms with Gasteiger partial charge >= 0.3 is 5.97 Å². The highest BCUT2D eigenvalue weighted by Crippen LogP contribution is 2.23. The van der Waals surface area contributed by atoms with Gasteiger partial charge in [-0.2, -0.15) is 0 Å². The quantitative estimate of drug-likeness (QED) is 0.797. The fourth-order valence-corrected chi connectivity index (χ4v) is 3.50. The summed E-state index contributed by atoms with van der Waals surface area (Å²) in [6.45, 7) is 5.26. The average molecular weight is 316 g/mol. The van der Waals surface area contributed by atoms with Crippen molar-refractivity contribution in [3.05, 3.63) is 35.4 Å². The van der Waals surface area contributed by atoms with Crippen molar-refractivity contribution in [1.82, 2.24) is 9.80 Å². The Morgan fingerprint density at radius 3 is 2.70 bits per heavy atom. The minimum Gasteiger partial charge on any atom is -0.448 e. The van der Waals surface area contributed by atoms with E-state index in [4.69, 9.17) is 4.74 Å². The molecule has 2 heterocycles. The average Bonchev–Trinajstić information content (AvgIpc) is 2.60. The highest BCUT2D eigenvalue weighted by Gasteiger charge is 2.35. The van der Waals surface area contributed by atoms with E-state index in [1.54, 1.807) is 11.0 Å². The molecule has 3 rings (SSSR count). The molecule has 0 saturated carbocycles. The number of carbonyl (C=O) groups is 2. The second kappa shape index (κ2) is 6.71. The lowest BCUT2D eigenvalue weighted by Crippen LogP contribution is -2.50. The second-order valence-corrected chi connectivity index (χ2v) is 6.37. The summed E-state index contributed by atoms with van der Waals surface area (Å²) in [5, 5.41) is 0. The molecule has 1 fully saturated rings. The molecule has 0 N–H and O–H groups in total. The summed E-state index contributed by atoms with van der Waals surface area (Å²) in [7, 11) is 1.84. The number of hydrogen-bond donors (Lipinski definition) is 0. The van der Waals surface area contributed by atoms with E-state index < -0.39 is 6.10 Å². The van der Waals surface area contributed by atoms with E-state index in [9.17, 15) is 9.59 Å². The molecule has 23 heavy (non-hydrogen) atoms. The molecule has 2 aliphatic rings. The zero-order chi connectivity index (χ0) is 16.4. The van der Waals surface area contributed by atoms with Crippen molar-refractivity contribution in [2.24, 2.45) is 0 Å². The first-order chi connectivity index (χ1) is 11.1. The SMILES string of the molecule is CCN1CCC(N(C)C(=O)C2Cc3ccccc3C(=O)O2)CC1. The largest absolute Gasteiger partial charge is 0.448 e. The number of hydrogen-bond acceptors (Lipinski definition) is 4. The summed E-state index contributed by atoms with van der Waals surface area (Å²) in [5.74, 6) is -0.470. The van der Waals surface area contributed by atoms with E-state index in [2.05, 4.69) is 11.8 Å². The predicted molar refractivity (Wildman–Crippen MR) is 87.3 cm³/mol. The maximum Gasteiger partial charge on any atom is 0.339 e. The van der Waals surface area contributed by atoms with Crippen LogP contribution in [0.4, 0.5) is 0 Å². The molecule has 0 aromatic heterocycles. The fourth-order valence-electron chi connectivity index (χ4n) is 3.50. The molecule has 5 heteroatoms. The van der Waals surface area contributed by atoms with Gasteiger partial charge in [0.1, 0.15) is 0 Å². The number of carbonyl (C=O) groups excluding carboxylic acids is 2. The Labute approximate surface area is 137 Å². The van der Waals surface area contributed by atoms with Crippen molar-refractivity contribution in [2.45, 2.75) is 38.3 Å². The van der Waals surface area contributed by atoms with E-state index in [1.807, 2.05) is 25.2 Å². The van der Waals surface area contributed by atoms with Crippen molar-refractivity contribution in [2.75, 3.05) is 26.7 Å². The standard InChI is InChI=1S/C18H24N2O3/c1-3-20-10-8-14(9-11-20)19(2)17(21)16-12-13-6-4-5-7-15(13)18(22)23-16/h4-7,14,16H,3,8-12H2,1-2H3. The maximum absolute atomic E-state index is 12.7. The third kappa shape index (κ3) is 3.24. The van der Waals surface area contributed by atoms with Gasteiger partial charge in [-0.3, -0.25) is 4.79 Å². The topological polar surface area (TPSA) is 49.9 Å². The summed E-state index contributed by atoms with van der Waals surface area (Å²) >= 11 is 0. The van der Waals surface area contributed by atoms with Crippen LogP contribution in [0.3, 0.4) is 0 Å². The lowest BCUT2D eigenvalue weighted by Gasteiger charge is -2.38. The predicted octanol–water partition coefficient (Wildman–Crippen LogP) is 1.71. The van der Waals surface area contributed by atoms with E-state index >= 15 is 0 Å². The highest BCUT2D eigenvalue weighted by molar-refractivity contribution is 5.95. The van der Waals surface area contributed by atoms with Gasteiger partial charge in [0.05, 0.1) is 5.56 Å². The summed E-state index contributed by atoms with van der Waals surface area (Å²) in [5.41, 5.74) is 1.48. The molecule has 0 aliphatic carbocycles. The van der Waals surface area contributed by atoms with Crippen LogP contribution in [0, 0.1) is 0 Å². The number of esters is 1. The molecule has 1 atom stereocenters. The van der Waals surface area contributed by atoms with E-state index in [-0.39, 0.29) is 17.9 Å². The van der Waals surface area contributed by atoms with Gasteiger partial charge in [-0.25, -0.2) is 4.79 Å². The van der Waals surface area contributed by atoms with Gasteiger partial charge in [-0.1, -0.05) is 25.1 Å². The Bertz CT molecular complexity index is 594. The normalized spacial score (nSPS) is 22.3. The van der Waals surface area contributed by atoms with Crippen LogP contribution < -0.4 is 0 Å². The first-order valence-electron chi connectivity index (χ1n) is 8.38. The summed E-state index contributed by atoms with van der Waals surface area (Å²) in [6, 6.07) is 7.60. The van der Waals surface area contributed by atoms with Crippen LogP contribution in [0.15, 0.2) is 24.3 Å². The Morgan fingerprint density at radius 2 is 2.00 bits per heavy atom. The second-order valence-electron chi connectivity index (χ2n) is 6.37. The Hall–Kier alpha value is -1.88. The Kier molecular flexibility index (Phi) is 4.66. The summed E-state index contributed by atoms with van der Waals surface area (Å²) in [4.78, 5) is 29.0.